The first-order valence-corrected chi connectivity index (χ1v) is 10.7. The minimum absolute atomic E-state index is 0.0820. The molecule has 1 aromatic carbocycles. The maximum atomic E-state index is 13.6. The van der Waals surface area contributed by atoms with Gasteiger partial charge in [-0.3, -0.25) is 9.52 Å². The average molecular weight is 442 g/mol. The van der Waals surface area contributed by atoms with E-state index < -0.39 is 21.8 Å². The van der Waals surface area contributed by atoms with Crippen molar-refractivity contribution in [1.29, 1.82) is 5.41 Å². The van der Waals surface area contributed by atoms with Gasteiger partial charge in [-0.1, -0.05) is 13.0 Å². The summed E-state index contributed by atoms with van der Waals surface area (Å²) in [5, 5.41) is 10.3. The van der Waals surface area contributed by atoms with Crippen LogP contribution in [0.5, 0.6) is 0 Å². The second-order valence-electron chi connectivity index (χ2n) is 6.47. The van der Waals surface area contributed by atoms with Gasteiger partial charge in [0.25, 0.3) is 5.56 Å². The van der Waals surface area contributed by atoms with Crippen molar-refractivity contribution >= 4 is 33.2 Å². The van der Waals surface area contributed by atoms with Gasteiger partial charge in [0.05, 0.1) is 17.5 Å². The summed E-state index contributed by atoms with van der Waals surface area (Å²) in [5.41, 5.74) is -1.45. The molecule has 0 unspecified atom stereocenters. The molecule has 30 heavy (non-hydrogen) atoms. The second-order valence-corrected chi connectivity index (χ2v) is 8.22. The van der Waals surface area contributed by atoms with Crippen LogP contribution in [0.2, 0.25) is 0 Å². The Morgan fingerprint density at radius 2 is 1.87 bits per heavy atom. The molecule has 2 rings (SSSR count). The van der Waals surface area contributed by atoms with Gasteiger partial charge in [0, 0.05) is 42.5 Å². The van der Waals surface area contributed by atoms with Crippen LogP contribution in [0.25, 0.3) is 5.57 Å². The molecule has 11 heteroatoms. The van der Waals surface area contributed by atoms with Gasteiger partial charge in [0.15, 0.2) is 0 Å². The Bertz CT molecular complexity index is 1120. The van der Waals surface area contributed by atoms with E-state index >= 15 is 0 Å². The standard InChI is InChI=1S/C19H21F3N4O3S/c1-3-8-26-12-15(5-7-18(26)27)24-11-13(10-23)16-6-4-14(25-30(2,28)29)9-17(16)19(20,21)22/h4-7,9-12,23-25H,3,8H2,1-2H3/b13-11+,23-10?. The number of pyridine rings is 1. The van der Waals surface area contributed by atoms with Gasteiger partial charge in [0.2, 0.25) is 10.0 Å². The Balaban J connectivity index is 2.45. The van der Waals surface area contributed by atoms with Gasteiger partial charge in [-0.05, 0) is 30.2 Å². The number of anilines is 2. The largest absolute Gasteiger partial charge is 0.417 e. The maximum absolute atomic E-state index is 13.6. The molecule has 0 fully saturated rings. The summed E-state index contributed by atoms with van der Waals surface area (Å²) >= 11 is 0. The molecule has 3 N–H and O–H groups in total. The van der Waals surface area contributed by atoms with E-state index in [1.807, 2.05) is 11.6 Å². The third-order valence-electron chi connectivity index (χ3n) is 3.94. The van der Waals surface area contributed by atoms with Gasteiger partial charge in [-0.15, -0.1) is 0 Å². The van der Waals surface area contributed by atoms with E-state index in [9.17, 15) is 26.4 Å². The third-order valence-corrected chi connectivity index (χ3v) is 4.54. The molecule has 0 spiro atoms. The SMILES string of the molecule is CCCn1cc(N/C=C(\C=N)c2ccc(NS(C)(=O)=O)cc2C(F)(F)F)ccc1=O. The lowest BCUT2D eigenvalue weighted by Crippen LogP contribution is -2.18. The van der Waals surface area contributed by atoms with Crippen LogP contribution in [0.4, 0.5) is 24.5 Å². The zero-order valence-corrected chi connectivity index (χ0v) is 17.1. The lowest BCUT2D eigenvalue weighted by molar-refractivity contribution is -0.137. The number of nitrogens with zero attached hydrogens (tertiary/aromatic N) is 1. The number of nitrogens with one attached hydrogen (secondary N) is 3. The Hall–Kier alpha value is -3.08. The van der Waals surface area contributed by atoms with Gasteiger partial charge in [-0.25, -0.2) is 8.42 Å². The fourth-order valence-corrected chi connectivity index (χ4v) is 3.25. The molecular formula is C19H21F3N4O3S. The highest BCUT2D eigenvalue weighted by Crippen LogP contribution is 2.36. The molecule has 162 valence electrons. The number of rotatable bonds is 8. The highest BCUT2D eigenvalue weighted by Gasteiger charge is 2.34. The lowest BCUT2D eigenvalue weighted by atomic mass is 9.99. The quantitative estimate of drug-likeness (QED) is 0.542. The van der Waals surface area contributed by atoms with Crippen LogP contribution in [0.3, 0.4) is 0 Å². The van der Waals surface area contributed by atoms with E-state index in [2.05, 4.69) is 5.32 Å². The maximum Gasteiger partial charge on any atom is 0.417 e. The minimum atomic E-state index is -4.78. The molecule has 0 saturated carbocycles. The highest BCUT2D eigenvalue weighted by molar-refractivity contribution is 7.92. The Morgan fingerprint density at radius 3 is 2.43 bits per heavy atom. The van der Waals surface area contributed by atoms with E-state index in [1.165, 1.54) is 35.2 Å². The molecule has 7 nitrogen and oxygen atoms in total. The van der Waals surface area contributed by atoms with Crippen LogP contribution in [0.15, 0.2) is 47.5 Å². The summed E-state index contributed by atoms with van der Waals surface area (Å²) in [7, 11) is -3.75. The van der Waals surface area contributed by atoms with Gasteiger partial charge >= 0.3 is 6.18 Å². The molecule has 0 saturated heterocycles. The highest BCUT2D eigenvalue weighted by atomic mass is 32.2. The molecular weight excluding hydrogens is 421 g/mol. The molecule has 1 heterocycles. The Kier molecular flexibility index (Phi) is 7.08. The molecule has 0 radical (unpaired) electrons. The van der Waals surface area contributed by atoms with Crippen molar-refractivity contribution in [2.24, 2.45) is 0 Å². The fourth-order valence-electron chi connectivity index (χ4n) is 2.70. The number of benzene rings is 1. The molecule has 2 aromatic rings. The first-order valence-electron chi connectivity index (χ1n) is 8.81. The fraction of sp³-hybridized carbons (Fsp3) is 0.263. The predicted octanol–water partition coefficient (Wildman–Crippen LogP) is 3.75. The summed E-state index contributed by atoms with van der Waals surface area (Å²) in [6.45, 7) is 2.39. The summed E-state index contributed by atoms with van der Waals surface area (Å²) < 4.78 is 66.8. The van der Waals surface area contributed by atoms with Crippen LogP contribution < -0.4 is 15.6 Å². The number of aromatic nitrogens is 1. The van der Waals surface area contributed by atoms with Crippen LogP contribution in [0, 0.1) is 5.41 Å². The Morgan fingerprint density at radius 1 is 1.20 bits per heavy atom. The van der Waals surface area contributed by atoms with Crippen molar-refractivity contribution < 1.29 is 21.6 Å². The van der Waals surface area contributed by atoms with Gasteiger partial charge < -0.3 is 15.3 Å². The third kappa shape index (κ3) is 6.21. The first kappa shape index (κ1) is 23.2. The van der Waals surface area contributed by atoms with Crippen LogP contribution >= 0.6 is 0 Å². The summed E-state index contributed by atoms with van der Waals surface area (Å²) in [6, 6.07) is 5.77. The van der Waals surface area contributed by atoms with Crippen molar-refractivity contribution in [3.05, 3.63) is 64.2 Å². The van der Waals surface area contributed by atoms with Crippen LogP contribution in [0.1, 0.15) is 24.5 Å². The van der Waals surface area contributed by atoms with E-state index in [0.717, 1.165) is 25.0 Å². The number of hydrogen-bond donors (Lipinski definition) is 3. The second kappa shape index (κ2) is 9.16. The predicted molar refractivity (Wildman–Crippen MR) is 111 cm³/mol. The normalized spacial score (nSPS) is 12.5. The molecule has 0 aliphatic heterocycles. The number of aryl methyl sites for hydroxylation is 1. The first-order chi connectivity index (χ1) is 13.9. The molecule has 1 aromatic heterocycles. The number of allylic oxidation sites excluding steroid dienone is 1. The average Bonchev–Trinajstić information content (AvgIpc) is 2.63. The molecule has 0 aliphatic rings. The van der Waals surface area contributed by atoms with Crippen molar-refractivity contribution in [3.63, 3.8) is 0 Å². The van der Waals surface area contributed by atoms with E-state index in [4.69, 9.17) is 5.41 Å². The molecule has 0 amide bonds. The smallest absolute Gasteiger partial charge is 0.360 e. The van der Waals surface area contributed by atoms with Crippen molar-refractivity contribution in [3.8, 4) is 0 Å². The number of halogens is 3. The lowest BCUT2D eigenvalue weighted by Gasteiger charge is -2.16. The van der Waals surface area contributed by atoms with Crippen molar-refractivity contribution in [2.45, 2.75) is 26.1 Å². The van der Waals surface area contributed by atoms with Gasteiger partial charge in [-0.2, -0.15) is 13.2 Å². The molecule has 0 atom stereocenters. The summed E-state index contributed by atoms with van der Waals surface area (Å²) in [4.78, 5) is 11.8. The van der Waals surface area contributed by atoms with E-state index in [1.54, 1.807) is 0 Å². The number of alkyl halides is 3. The van der Waals surface area contributed by atoms with E-state index in [0.29, 0.717) is 18.3 Å². The van der Waals surface area contributed by atoms with Crippen molar-refractivity contribution in [2.75, 3.05) is 16.3 Å². The summed E-state index contributed by atoms with van der Waals surface area (Å²) in [6.07, 6.45) is 0.294. The number of sulfonamides is 1. The van der Waals surface area contributed by atoms with E-state index in [-0.39, 0.29) is 22.4 Å². The Labute approximate surface area is 171 Å². The number of hydrogen-bond acceptors (Lipinski definition) is 5. The zero-order valence-electron chi connectivity index (χ0n) is 16.2. The van der Waals surface area contributed by atoms with Crippen LogP contribution in [-0.4, -0.2) is 25.5 Å². The molecule has 0 aliphatic carbocycles. The molecule has 0 bridgehead atoms. The van der Waals surface area contributed by atoms with Crippen molar-refractivity contribution in [1.82, 2.24) is 4.57 Å². The van der Waals surface area contributed by atoms with Crippen LogP contribution in [-0.2, 0) is 22.7 Å². The zero-order chi connectivity index (χ0) is 22.5. The monoisotopic (exact) mass is 442 g/mol. The topological polar surface area (TPSA) is 104 Å². The van der Waals surface area contributed by atoms with Gasteiger partial charge in [0.1, 0.15) is 0 Å². The summed E-state index contributed by atoms with van der Waals surface area (Å²) in [5.74, 6) is 0. The minimum Gasteiger partial charge on any atom is -0.360 e.